The highest BCUT2D eigenvalue weighted by molar-refractivity contribution is 6.06. The van der Waals surface area contributed by atoms with Gasteiger partial charge in [0.05, 0.1) is 50.3 Å². The first-order chi connectivity index (χ1) is 24.6. The molecule has 1 fully saturated rings. The maximum Gasteiger partial charge on any atom is 0.311 e. The SMILES string of the molecule is COc1ccc2c(c1OC)O[C@@H]1c3c(cc4c(c3C[NH+]3C=C5C=CN=C5C3)C#CC[C@]3(O)[C@H](O)[C@@H](O)[C@@H](O4)O[C@@H]3COC(=O)CC(=O)[O-])OC[C@@H]21. The highest BCUT2D eigenvalue weighted by atomic mass is 16.7. The average Bonchev–Trinajstić information content (AvgIpc) is 3.81. The summed E-state index contributed by atoms with van der Waals surface area (Å²) in [7, 11) is 3.11. The van der Waals surface area contributed by atoms with Crippen molar-refractivity contribution in [3.63, 3.8) is 0 Å². The molecule has 7 aliphatic heterocycles. The van der Waals surface area contributed by atoms with Crippen LogP contribution in [0.1, 0.15) is 47.1 Å². The van der Waals surface area contributed by atoms with Gasteiger partial charge in [0.25, 0.3) is 0 Å². The van der Waals surface area contributed by atoms with Crippen molar-refractivity contribution in [1.82, 2.24) is 0 Å². The number of aliphatic hydroxyl groups is 3. The first kappa shape index (κ1) is 33.1. The van der Waals surface area contributed by atoms with Crippen LogP contribution in [0, 0.1) is 11.8 Å². The monoisotopic (exact) mass is 702 g/mol. The van der Waals surface area contributed by atoms with E-state index in [0.29, 0.717) is 41.7 Å². The minimum absolute atomic E-state index is 0.185. The van der Waals surface area contributed by atoms with Crippen LogP contribution >= 0.6 is 0 Å². The van der Waals surface area contributed by atoms with Crippen LogP contribution in [-0.4, -0.2) is 97.2 Å². The third kappa shape index (κ3) is 5.47. The van der Waals surface area contributed by atoms with Gasteiger partial charge in [0.2, 0.25) is 12.0 Å². The summed E-state index contributed by atoms with van der Waals surface area (Å²) in [5.41, 5.74) is 2.60. The predicted octanol–water partition coefficient (Wildman–Crippen LogP) is -1.44. The molecule has 15 heteroatoms. The Morgan fingerprint density at radius 1 is 1.18 bits per heavy atom. The highest BCUT2D eigenvalue weighted by Crippen LogP contribution is 2.57. The number of carbonyl (C=O) groups excluding carboxylic acids is 2. The third-order valence-corrected chi connectivity index (χ3v) is 10.1. The van der Waals surface area contributed by atoms with Gasteiger partial charge in [0, 0.05) is 35.4 Å². The van der Waals surface area contributed by atoms with E-state index >= 15 is 0 Å². The number of methoxy groups -OCH3 is 2. The molecular weight excluding hydrogens is 668 g/mol. The maximum absolute atomic E-state index is 12.0. The van der Waals surface area contributed by atoms with Gasteiger partial charge in [-0.05, 0) is 12.1 Å². The zero-order valence-electron chi connectivity index (χ0n) is 27.5. The van der Waals surface area contributed by atoms with Crippen LogP contribution in [0.5, 0.6) is 28.7 Å². The van der Waals surface area contributed by atoms with E-state index in [-0.39, 0.29) is 18.3 Å². The Labute approximate surface area is 291 Å². The Balaban J connectivity index is 1.22. The molecule has 9 rings (SSSR count). The molecule has 0 spiro atoms. The second kappa shape index (κ2) is 12.6. The number of hydrogen-bond donors (Lipinski definition) is 4. The van der Waals surface area contributed by atoms with Crippen molar-refractivity contribution < 1.29 is 68.1 Å². The zero-order chi connectivity index (χ0) is 35.6. The Bertz CT molecular complexity index is 1980. The zero-order valence-corrected chi connectivity index (χ0v) is 27.5. The Morgan fingerprint density at radius 2 is 2.02 bits per heavy atom. The van der Waals surface area contributed by atoms with E-state index in [2.05, 4.69) is 23.0 Å². The molecule has 51 heavy (non-hydrogen) atoms. The second-order valence-corrected chi connectivity index (χ2v) is 13.1. The summed E-state index contributed by atoms with van der Waals surface area (Å²) < 4.78 is 41.6. The lowest BCUT2D eigenvalue weighted by Gasteiger charge is -2.47. The van der Waals surface area contributed by atoms with Crippen LogP contribution in [-0.2, 0) is 25.6 Å². The molecule has 2 bridgehead atoms. The first-order valence-electron chi connectivity index (χ1n) is 16.4. The van der Waals surface area contributed by atoms with E-state index < -0.39 is 67.7 Å². The number of rotatable bonds is 8. The number of carbonyl (C=O) groups is 2. The molecule has 2 aromatic carbocycles. The number of allylic oxidation sites excluding steroid dienone is 1. The molecule has 4 N–H and O–H groups in total. The number of aliphatic hydroxyl groups excluding tert-OH is 2. The van der Waals surface area contributed by atoms with Crippen molar-refractivity contribution >= 4 is 17.7 Å². The standard InChI is InChI=1S/C36H34N2O13/c1-45-23-6-5-19-21-15-47-25-10-24-18(4-3-8-36(44)26(16-48-28(41)11-27(39)40)50-35(49-24)30(42)34(36)43)20(13-38-12-17-7-9-37-22(17)14-38)29(25)31(21)51-32(19)33(23)46-2/h5-7,9-10,12,21,26,30-31,34-35,42-44H,8,11,13-16H2,1-2H3,(H,39,40)/t21-,26+,30+,31-,34+,35-,36+/m0/s1. The van der Waals surface area contributed by atoms with Gasteiger partial charge < -0.3 is 58.4 Å². The summed E-state index contributed by atoms with van der Waals surface area (Å²) in [5, 5.41) is 44.8. The highest BCUT2D eigenvalue weighted by Gasteiger charge is 2.56. The lowest BCUT2D eigenvalue weighted by Crippen LogP contribution is -3.05. The number of hydrogen-bond acceptors (Lipinski definition) is 14. The number of carboxylic acids is 1. The number of nitrogens with one attached hydrogen (secondary N) is 1. The third-order valence-electron chi connectivity index (χ3n) is 10.1. The van der Waals surface area contributed by atoms with E-state index in [1.807, 2.05) is 18.2 Å². The summed E-state index contributed by atoms with van der Waals surface area (Å²) in [6.07, 6.45) is -2.72. The lowest BCUT2D eigenvalue weighted by atomic mass is 9.81. The number of fused-ring (bicyclic) bond motifs is 9. The van der Waals surface area contributed by atoms with Gasteiger partial charge in [-0.3, -0.25) is 14.7 Å². The lowest BCUT2D eigenvalue weighted by molar-refractivity contribution is -0.848. The molecule has 0 aromatic heterocycles. The molecule has 0 amide bonds. The minimum Gasteiger partial charge on any atom is -0.550 e. The number of carboxylic acid groups (broad SMARTS) is 1. The maximum atomic E-state index is 12.0. The van der Waals surface area contributed by atoms with Crippen molar-refractivity contribution in [3.05, 3.63) is 64.5 Å². The Morgan fingerprint density at radius 3 is 2.78 bits per heavy atom. The molecule has 8 atom stereocenters. The van der Waals surface area contributed by atoms with Crippen molar-refractivity contribution in [2.24, 2.45) is 4.99 Å². The fraction of sp³-hybridized carbons (Fsp3) is 0.417. The molecule has 1 unspecified atom stereocenters. The van der Waals surface area contributed by atoms with Gasteiger partial charge in [-0.15, -0.1) is 0 Å². The van der Waals surface area contributed by atoms with Gasteiger partial charge in [-0.2, -0.15) is 0 Å². The van der Waals surface area contributed by atoms with E-state index in [1.165, 1.54) is 0 Å². The number of benzene rings is 2. The van der Waals surface area contributed by atoms with Gasteiger partial charge in [0.1, 0.15) is 73.1 Å². The molecule has 7 heterocycles. The first-order valence-corrected chi connectivity index (χ1v) is 16.4. The topological polar surface area (TPSA) is 199 Å². The normalized spacial score (nSPS) is 30.3. The fourth-order valence-corrected chi connectivity index (χ4v) is 7.58. The number of nitrogens with zero attached hydrogens (tertiary/aromatic N) is 1. The molecular formula is C36H34N2O13. The summed E-state index contributed by atoms with van der Waals surface area (Å²) in [5.74, 6) is 5.32. The summed E-state index contributed by atoms with van der Waals surface area (Å²) in [6.45, 7) is 0.634. The average molecular weight is 703 g/mol. The molecule has 2 aromatic rings. The molecule has 266 valence electrons. The summed E-state index contributed by atoms with van der Waals surface area (Å²) >= 11 is 0. The summed E-state index contributed by atoms with van der Waals surface area (Å²) in [6, 6.07) is 5.41. The molecule has 0 aliphatic carbocycles. The van der Waals surface area contributed by atoms with Crippen LogP contribution < -0.4 is 33.7 Å². The quantitative estimate of drug-likeness (QED) is 0.142. The number of aliphatic carboxylic acids is 1. The van der Waals surface area contributed by atoms with Crippen LogP contribution in [0.15, 0.2) is 47.2 Å². The van der Waals surface area contributed by atoms with Crippen molar-refractivity contribution in [3.8, 4) is 40.6 Å². The minimum atomic E-state index is -2.23. The van der Waals surface area contributed by atoms with E-state index in [4.69, 9.17) is 33.2 Å². The van der Waals surface area contributed by atoms with E-state index in [1.54, 1.807) is 26.5 Å². The fourth-order valence-electron chi connectivity index (χ4n) is 7.58. The second-order valence-electron chi connectivity index (χ2n) is 13.1. The van der Waals surface area contributed by atoms with Gasteiger partial charge >= 0.3 is 5.97 Å². The van der Waals surface area contributed by atoms with Crippen molar-refractivity contribution in [2.45, 2.75) is 61.6 Å². The van der Waals surface area contributed by atoms with Gasteiger partial charge in [-0.25, -0.2) is 0 Å². The van der Waals surface area contributed by atoms with Crippen LogP contribution in [0.4, 0.5) is 0 Å². The molecule has 7 aliphatic rings. The Kier molecular flexibility index (Phi) is 8.16. The van der Waals surface area contributed by atoms with Crippen LogP contribution in [0.25, 0.3) is 0 Å². The number of esters is 1. The van der Waals surface area contributed by atoms with Crippen molar-refractivity contribution in [2.75, 3.05) is 34.0 Å². The number of quaternary nitrogens is 1. The smallest absolute Gasteiger partial charge is 0.311 e. The number of aliphatic imine (C=N–C) groups is 1. The largest absolute Gasteiger partial charge is 0.550 e. The number of ether oxygens (including phenoxy) is 7. The van der Waals surface area contributed by atoms with Gasteiger partial charge in [0.15, 0.2) is 11.5 Å². The van der Waals surface area contributed by atoms with E-state index in [9.17, 15) is 30.0 Å². The molecule has 1 saturated heterocycles. The Hall–Kier alpha value is -5.11. The summed E-state index contributed by atoms with van der Waals surface area (Å²) in [4.78, 5) is 28.4. The molecule has 15 nitrogen and oxygen atoms in total. The molecule has 0 saturated carbocycles. The van der Waals surface area contributed by atoms with Crippen LogP contribution in [0.3, 0.4) is 0 Å². The van der Waals surface area contributed by atoms with Crippen LogP contribution in [0.2, 0.25) is 0 Å². The molecule has 0 radical (unpaired) electrons. The van der Waals surface area contributed by atoms with Gasteiger partial charge in [-0.1, -0.05) is 17.9 Å². The predicted molar refractivity (Wildman–Crippen MR) is 170 cm³/mol. The van der Waals surface area contributed by atoms with E-state index in [0.717, 1.165) is 32.9 Å². The van der Waals surface area contributed by atoms with Crippen molar-refractivity contribution in [1.29, 1.82) is 0 Å².